The van der Waals surface area contributed by atoms with Crippen LogP contribution in [0.3, 0.4) is 0 Å². The van der Waals surface area contributed by atoms with Crippen molar-refractivity contribution < 1.29 is 4.79 Å². The van der Waals surface area contributed by atoms with Crippen molar-refractivity contribution in [2.45, 2.75) is 31.6 Å². The Morgan fingerprint density at radius 3 is 2.38 bits per heavy atom. The first-order valence-electron chi connectivity index (χ1n) is 13.8. The predicted molar refractivity (Wildman–Crippen MR) is 171 cm³/mol. The van der Waals surface area contributed by atoms with E-state index in [1.807, 2.05) is 60.7 Å². The number of amides is 2. The molecule has 1 saturated heterocycles. The van der Waals surface area contributed by atoms with E-state index >= 15 is 0 Å². The number of piperidine rings is 1. The molecule has 4 aromatic rings. The second kappa shape index (κ2) is 14.7. The minimum Gasteiger partial charge on any atom is -0.337 e. The molecule has 4 nitrogen and oxygen atoms in total. The molecule has 0 aromatic heterocycles. The maximum atomic E-state index is 12.9. The van der Waals surface area contributed by atoms with Gasteiger partial charge in [-0.2, -0.15) is 0 Å². The number of anilines is 1. The quantitative estimate of drug-likeness (QED) is 0.203. The lowest BCUT2D eigenvalue weighted by Crippen LogP contribution is -2.37. The lowest BCUT2D eigenvalue weighted by molar-refractivity contribution is 0.178. The Labute approximate surface area is 253 Å². The molecule has 5 rings (SSSR count). The SMILES string of the molecule is Cl.O=C(NCC(CCN1CCC(Cc2ccccc2)CC1)c1ccc(Cl)c(Cl)c1)Nc1cccc2ccccc12. The molecule has 0 radical (unpaired) electrons. The molecule has 1 unspecified atom stereocenters. The van der Waals surface area contributed by atoms with Gasteiger partial charge in [-0.05, 0) is 85.9 Å². The van der Waals surface area contributed by atoms with E-state index in [-0.39, 0.29) is 24.4 Å². The summed E-state index contributed by atoms with van der Waals surface area (Å²) in [6.45, 7) is 3.72. The second-order valence-corrected chi connectivity index (χ2v) is 11.3. The minimum atomic E-state index is -0.210. The number of likely N-dealkylation sites (tertiary alicyclic amines) is 1. The number of urea groups is 1. The number of benzene rings is 4. The zero-order chi connectivity index (χ0) is 27.0. The van der Waals surface area contributed by atoms with E-state index in [1.165, 1.54) is 18.4 Å². The van der Waals surface area contributed by atoms with E-state index in [0.717, 1.165) is 60.4 Å². The summed E-state index contributed by atoms with van der Waals surface area (Å²) in [6.07, 6.45) is 4.53. The van der Waals surface area contributed by atoms with Gasteiger partial charge in [-0.1, -0.05) is 96.0 Å². The van der Waals surface area contributed by atoms with Crippen molar-refractivity contribution in [1.29, 1.82) is 0 Å². The van der Waals surface area contributed by atoms with E-state index in [1.54, 1.807) is 0 Å². The zero-order valence-corrected chi connectivity index (χ0v) is 24.8. The van der Waals surface area contributed by atoms with Crippen molar-refractivity contribution in [1.82, 2.24) is 10.2 Å². The third-order valence-electron chi connectivity index (χ3n) is 7.83. The van der Waals surface area contributed by atoms with Crippen LogP contribution in [0.2, 0.25) is 10.0 Å². The Morgan fingerprint density at radius 2 is 1.60 bits per heavy atom. The summed E-state index contributed by atoms with van der Waals surface area (Å²) < 4.78 is 0. The molecule has 1 aliphatic heterocycles. The molecule has 1 fully saturated rings. The number of nitrogens with one attached hydrogen (secondary N) is 2. The zero-order valence-electron chi connectivity index (χ0n) is 22.5. The molecule has 0 aliphatic carbocycles. The van der Waals surface area contributed by atoms with Crippen LogP contribution in [-0.2, 0) is 6.42 Å². The van der Waals surface area contributed by atoms with Crippen molar-refractivity contribution >= 4 is 58.1 Å². The Hall–Kier alpha value is -2.76. The summed E-state index contributed by atoms with van der Waals surface area (Å²) in [5.41, 5.74) is 3.33. The average Bonchev–Trinajstić information content (AvgIpc) is 2.96. The maximum Gasteiger partial charge on any atom is 0.319 e. The van der Waals surface area contributed by atoms with Crippen LogP contribution in [0, 0.1) is 5.92 Å². The fourth-order valence-corrected chi connectivity index (χ4v) is 5.88. The van der Waals surface area contributed by atoms with E-state index in [4.69, 9.17) is 23.2 Å². The molecule has 40 heavy (non-hydrogen) atoms. The van der Waals surface area contributed by atoms with Crippen LogP contribution < -0.4 is 10.6 Å². The van der Waals surface area contributed by atoms with Gasteiger partial charge in [0.05, 0.1) is 15.7 Å². The first kappa shape index (κ1) is 30.2. The van der Waals surface area contributed by atoms with Crippen LogP contribution in [-0.4, -0.2) is 37.1 Å². The molecule has 4 aromatic carbocycles. The van der Waals surface area contributed by atoms with Crippen molar-refractivity contribution in [3.8, 4) is 0 Å². The molecule has 1 aliphatic rings. The highest BCUT2D eigenvalue weighted by molar-refractivity contribution is 6.42. The van der Waals surface area contributed by atoms with Gasteiger partial charge >= 0.3 is 6.03 Å². The second-order valence-electron chi connectivity index (χ2n) is 10.5. The van der Waals surface area contributed by atoms with Gasteiger partial charge in [0, 0.05) is 17.8 Å². The van der Waals surface area contributed by atoms with Crippen LogP contribution in [0.4, 0.5) is 10.5 Å². The highest BCUT2D eigenvalue weighted by Crippen LogP contribution is 2.29. The van der Waals surface area contributed by atoms with Gasteiger partial charge in [0.15, 0.2) is 0 Å². The van der Waals surface area contributed by atoms with E-state index < -0.39 is 0 Å². The normalized spacial score (nSPS) is 14.8. The van der Waals surface area contributed by atoms with Crippen LogP contribution >= 0.6 is 35.6 Å². The summed E-state index contributed by atoms with van der Waals surface area (Å²) >= 11 is 12.6. The summed E-state index contributed by atoms with van der Waals surface area (Å²) in [5.74, 6) is 0.869. The average molecular weight is 597 g/mol. The first-order chi connectivity index (χ1) is 19.0. The highest BCUT2D eigenvalue weighted by atomic mass is 35.5. The number of nitrogens with zero attached hydrogens (tertiary/aromatic N) is 1. The van der Waals surface area contributed by atoms with Crippen LogP contribution in [0.5, 0.6) is 0 Å². The van der Waals surface area contributed by atoms with E-state index in [0.29, 0.717) is 16.6 Å². The van der Waals surface area contributed by atoms with Crippen molar-refractivity contribution in [2.24, 2.45) is 5.92 Å². The van der Waals surface area contributed by atoms with Crippen molar-refractivity contribution in [3.05, 3.63) is 112 Å². The summed E-state index contributed by atoms with van der Waals surface area (Å²) in [7, 11) is 0. The number of fused-ring (bicyclic) bond motifs is 1. The Morgan fingerprint density at radius 1 is 0.875 bits per heavy atom. The third-order valence-corrected chi connectivity index (χ3v) is 8.57. The molecular formula is C33H36Cl3N3O. The van der Waals surface area contributed by atoms with Gasteiger partial charge in [-0.25, -0.2) is 4.79 Å². The molecule has 210 valence electrons. The Bertz CT molecular complexity index is 1390. The lowest BCUT2D eigenvalue weighted by Gasteiger charge is -2.33. The van der Waals surface area contributed by atoms with Crippen LogP contribution in [0.25, 0.3) is 10.8 Å². The molecule has 0 bridgehead atoms. The molecule has 0 spiro atoms. The van der Waals surface area contributed by atoms with Gasteiger partial charge in [-0.15, -0.1) is 12.4 Å². The van der Waals surface area contributed by atoms with Gasteiger partial charge in [-0.3, -0.25) is 0 Å². The lowest BCUT2D eigenvalue weighted by atomic mass is 9.89. The van der Waals surface area contributed by atoms with Gasteiger partial charge in [0.25, 0.3) is 0 Å². The minimum absolute atomic E-state index is 0. The fraction of sp³-hybridized carbons (Fsp3) is 0.303. The molecule has 0 saturated carbocycles. The van der Waals surface area contributed by atoms with Crippen molar-refractivity contribution in [3.63, 3.8) is 0 Å². The standard InChI is InChI=1S/C33H35Cl2N3O.ClH/c34-30-14-13-27(22-31(30)35)28(17-20-38-18-15-25(16-19-38)21-24-7-2-1-3-8-24)23-36-33(39)37-32-12-6-10-26-9-4-5-11-29(26)32;/h1-14,22,25,28H,15-21,23H2,(H2,36,37,39);1H. The van der Waals surface area contributed by atoms with Gasteiger partial charge in [0.2, 0.25) is 0 Å². The maximum absolute atomic E-state index is 12.9. The molecule has 1 heterocycles. The monoisotopic (exact) mass is 595 g/mol. The number of carbonyl (C=O) groups is 1. The fourth-order valence-electron chi connectivity index (χ4n) is 5.57. The number of hydrogen-bond acceptors (Lipinski definition) is 2. The smallest absolute Gasteiger partial charge is 0.319 e. The van der Waals surface area contributed by atoms with Gasteiger partial charge in [0.1, 0.15) is 0 Å². The number of halogens is 3. The van der Waals surface area contributed by atoms with Gasteiger partial charge < -0.3 is 15.5 Å². The number of rotatable bonds is 9. The van der Waals surface area contributed by atoms with E-state index in [2.05, 4.69) is 45.9 Å². The Kier molecular flexibility index (Phi) is 11.1. The summed E-state index contributed by atoms with van der Waals surface area (Å²) in [6, 6.07) is 30.4. The van der Waals surface area contributed by atoms with E-state index in [9.17, 15) is 4.79 Å². The topological polar surface area (TPSA) is 44.4 Å². The highest BCUT2D eigenvalue weighted by Gasteiger charge is 2.22. The van der Waals surface area contributed by atoms with Crippen LogP contribution in [0.1, 0.15) is 36.3 Å². The molecule has 2 N–H and O–H groups in total. The molecular weight excluding hydrogens is 561 g/mol. The van der Waals surface area contributed by atoms with Crippen LogP contribution in [0.15, 0.2) is 91.0 Å². The molecule has 7 heteroatoms. The Balaban J connectivity index is 0.00000370. The largest absolute Gasteiger partial charge is 0.337 e. The summed E-state index contributed by atoms with van der Waals surface area (Å²) in [4.78, 5) is 15.5. The third kappa shape index (κ3) is 8.14. The molecule has 1 atom stereocenters. The molecule has 2 amide bonds. The van der Waals surface area contributed by atoms with Crippen molar-refractivity contribution in [2.75, 3.05) is 31.5 Å². The summed E-state index contributed by atoms with van der Waals surface area (Å²) in [5, 5.41) is 9.34. The predicted octanol–water partition coefficient (Wildman–Crippen LogP) is 8.82. The number of hydrogen-bond donors (Lipinski definition) is 2. The number of carbonyl (C=O) groups excluding carboxylic acids is 1. The first-order valence-corrected chi connectivity index (χ1v) is 14.5.